The van der Waals surface area contributed by atoms with Crippen LogP contribution in [0.4, 0.5) is 11.4 Å². The van der Waals surface area contributed by atoms with E-state index in [1.165, 1.54) is 30.2 Å². The molecule has 0 radical (unpaired) electrons. The number of nitro benzene ring substituents is 1. The molecule has 0 unspecified atom stereocenters. The minimum atomic E-state index is -0.534. The maximum Gasteiger partial charge on any atom is 0.338 e. The van der Waals surface area contributed by atoms with Gasteiger partial charge in [0, 0.05) is 23.8 Å². The number of hydrogen-bond donors (Lipinski definition) is 0. The molecule has 0 aliphatic carbocycles. The van der Waals surface area contributed by atoms with Crippen molar-refractivity contribution in [2.75, 3.05) is 12.0 Å². The van der Waals surface area contributed by atoms with E-state index in [1.807, 2.05) is 0 Å². The molecule has 10 heteroatoms. The van der Waals surface area contributed by atoms with E-state index in [1.54, 1.807) is 48.5 Å². The van der Waals surface area contributed by atoms with Crippen molar-refractivity contribution in [2.45, 2.75) is 0 Å². The Kier molecular flexibility index (Phi) is 5.89. The number of ether oxygens (including phenoxy) is 1. The Hall–Kier alpha value is -3.76. The van der Waals surface area contributed by atoms with Crippen LogP contribution in [0.25, 0.3) is 17.4 Å². The van der Waals surface area contributed by atoms with Crippen LogP contribution in [0.3, 0.4) is 0 Å². The average Bonchev–Trinajstić information content (AvgIpc) is 3.37. The van der Waals surface area contributed by atoms with Gasteiger partial charge < -0.3 is 9.15 Å². The van der Waals surface area contributed by atoms with Gasteiger partial charge in [-0.3, -0.25) is 19.8 Å². The highest BCUT2D eigenvalue weighted by molar-refractivity contribution is 8.27. The molecule has 32 heavy (non-hydrogen) atoms. The van der Waals surface area contributed by atoms with E-state index in [0.717, 1.165) is 11.8 Å². The molecular formula is C22H14N2O6S2. The van der Waals surface area contributed by atoms with Gasteiger partial charge in [0.1, 0.15) is 11.5 Å². The highest BCUT2D eigenvalue weighted by Crippen LogP contribution is 2.37. The highest BCUT2D eigenvalue weighted by Gasteiger charge is 2.34. The normalized spacial score (nSPS) is 14.8. The second kappa shape index (κ2) is 8.77. The molecule has 2 aromatic carbocycles. The minimum absolute atomic E-state index is 0.138. The fourth-order valence-corrected chi connectivity index (χ4v) is 4.41. The van der Waals surface area contributed by atoms with E-state index in [4.69, 9.17) is 21.4 Å². The van der Waals surface area contributed by atoms with Gasteiger partial charge >= 0.3 is 5.97 Å². The van der Waals surface area contributed by atoms with Gasteiger partial charge in [0.25, 0.3) is 11.6 Å². The lowest BCUT2D eigenvalue weighted by Gasteiger charge is -2.13. The largest absolute Gasteiger partial charge is 0.465 e. The van der Waals surface area contributed by atoms with Crippen LogP contribution in [0.5, 0.6) is 0 Å². The molecule has 160 valence electrons. The molecule has 0 bridgehead atoms. The number of hydrogen-bond acceptors (Lipinski definition) is 8. The predicted octanol–water partition coefficient (Wildman–Crippen LogP) is 5.05. The van der Waals surface area contributed by atoms with Crippen LogP contribution in [0, 0.1) is 10.1 Å². The number of benzene rings is 2. The second-order valence-electron chi connectivity index (χ2n) is 6.53. The maximum atomic E-state index is 12.9. The summed E-state index contributed by atoms with van der Waals surface area (Å²) >= 11 is 6.39. The lowest BCUT2D eigenvalue weighted by atomic mass is 10.1. The van der Waals surface area contributed by atoms with Crippen molar-refractivity contribution >= 4 is 57.6 Å². The summed E-state index contributed by atoms with van der Waals surface area (Å²) in [5.41, 5.74) is 1.09. The molecular weight excluding hydrogens is 452 g/mol. The van der Waals surface area contributed by atoms with Crippen LogP contribution in [0.2, 0.25) is 0 Å². The predicted molar refractivity (Wildman–Crippen MR) is 124 cm³/mol. The topological polar surface area (TPSA) is 103 Å². The van der Waals surface area contributed by atoms with Crippen LogP contribution in [-0.4, -0.2) is 28.2 Å². The van der Waals surface area contributed by atoms with Crippen molar-refractivity contribution in [1.82, 2.24) is 0 Å². The number of thiocarbonyl (C=S) groups is 1. The summed E-state index contributed by atoms with van der Waals surface area (Å²) in [7, 11) is 1.30. The number of non-ortho nitro benzene ring substituents is 1. The summed E-state index contributed by atoms with van der Waals surface area (Å²) in [6.45, 7) is 0. The van der Waals surface area contributed by atoms with Gasteiger partial charge in [0.05, 0.1) is 28.2 Å². The van der Waals surface area contributed by atoms with Crippen LogP contribution >= 0.6 is 24.0 Å². The summed E-state index contributed by atoms with van der Waals surface area (Å²) in [5, 5.41) is 11.1. The Morgan fingerprint density at radius 3 is 2.72 bits per heavy atom. The molecule has 2 heterocycles. The van der Waals surface area contributed by atoms with Gasteiger partial charge in [0.2, 0.25) is 0 Å². The molecule has 1 fully saturated rings. The first kappa shape index (κ1) is 21.5. The second-order valence-corrected chi connectivity index (χ2v) is 8.21. The van der Waals surface area contributed by atoms with Gasteiger partial charge in [-0.25, -0.2) is 4.79 Å². The van der Waals surface area contributed by atoms with E-state index in [9.17, 15) is 19.7 Å². The molecule has 0 saturated carbocycles. The van der Waals surface area contributed by atoms with E-state index >= 15 is 0 Å². The summed E-state index contributed by atoms with van der Waals surface area (Å²) in [6, 6.07) is 15.9. The van der Waals surface area contributed by atoms with Gasteiger partial charge in [-0.05, 0) is 24.3 Å². The third kappa shape index (κ3) is 4.05. The summed E-state index contributed by atoms with van der Waals surface area (Å²) < 4.78 is 10.9. The van der Waals surface area contributed by atoms with Crippen molar-refractivity contribution in [2.24, 2.45) is 0 Å². The Labute approximate surface area is 191 Å². The monoisotopic (exact) mass is 466 g/mol. The van der Waals surface area contributed by atoms with Crippen LogP contribution < -0.4 is 4.90 Å². The quantitative estimate of drug-likeness (QED) is 0.169. The number of carbonyl (C=O) groups is 2. The van der Waals surface area contributed by atoms with E-state index in [-0.39, 0.29) is 10.0 Å². The Morgan fingerprint density at radius 1 is 1.19 bits per heavy atom. The summed E-state index contributed by atoms with van der Waals surface area (Å²) in [5.74, 6) is -0.0737. The fourth-order valence-electron chi connectivity index (χ4n) is 3.13. The molecule has 8 nitrogen and oxygen atoms in total. The molecule has 0 atom stereocenters. The van der Waals surface area contributed by atoms with Crippen molar-refractivity contribution in [3.05, 3.63) is 87.0 Å². The third-order valence-corrected chi connectivity index (χ3v) is 5.89. The fraction of sp³-hybridized carbons (Fsp3) is 0.0455. The molecule has 0 spiro atoms. The molecule has 4 rings (SSSR count). The first-order valence-corrected chi connectivity index (χ1v) is 10.4. The molecule has 1 aliphatic heterocycles. The highest BCUT2D eigenvalue weighted by atomic mass is 32.2. The number of furan rings is 1. The smallest absolute Gasteiger partial charge is 0.338 e. The van der Waals surface area contributed by atoms with Gasteiger partial charge in [-0.2, -0.15) is 0 Å². The number of carbonyl (C=O) groups excluding carboxylic acids is 2. The molecule has 3 aromatic rings. The van der Waals surface area contributed by atoms with Crippen molar-refractivity contribution in [3.63, 3.8) is 0 Å². The zero-order chi connectivity index (χ0) is 22.8. The van der Waals surface area contributed by atoms with E-state index < -0.39 is 16.8 Å². The summed E-state index contributed by atoms with van der Waals surface area (Å²) in [4.78, 5) is 37.0. The molecule has 1 saturated heterocycles. The zero-order valence-corrected chi connectivity index (χ0v) is 18.1. The molecule has 1 amide bonds. The van der Waals surface area contributed by atoms with Gasteiger partial charge in [-0.15, -0.1) is 0 Å². The number of methoxy groups -OCH3 is 1. The van der Waals surface area contributed by atoms with Crippen molar-refractivity contribution in [1.29, 1.82) is 0 Å². The lowest BCUT2D eigenvalue weighted by Crippen LogP contribution is -2.27. The number of nitrogens with zero attached hydrogens (tertiary/aromatic N) is 2. The standard InChI is InChI=1S/C22H14N2O6S2/c1-29-21(26)17-8-3-2-7-16(17)18-10-9-15(30-18)12-19-20(25)23(22(31)32-19)13-5-4-6-14(11-13)24(27)28/h2-12H,1H3/b19-12+. The number of esters is 1. The Morgan fingerprint density at radius 2 is 1.97 bits per heavy atom. The summed E-state index contributed by atoms with van der Waals surface area (Å²) in [6.07, 6.45) is 1.54. The number of thioether (sulfide) groups is 1. The SMILES string of the molecule is COC(=O)c1ccccc1-c1ccc(/C=C2/SC(=S)N(c3cccc([N+](=O)[O-])c3)C2=O)o1. The average molecular weight is 466 g/mol. The van der Waals surface area contributed by atoms with Gasteiger partial charge in [0.15, 0.2) is 4.32 Å². The molecule has 0 N–H and O–H groups in total. The van der Waals surface area contributed by atoms with Gasteiger partial charge in [-0.1, -0.05) is 48.2 Å². The van der Waals surface area contributed by atoms with E-state index in [0.29, 0.717) is 33.2 Å². The Bertz CT molecular complexity index is 1300. The molecule has 1 aromatic heterocycles. The first-order chi connectivity index (χ1) is 15.4. The lowest BCUT2D eigenvalue weighted by molar-refractivity contribution is -0.384. The number of nitro groups is 1. The zero-order valence-electron chi connectivity index (χ0n) is 16.5. The van der Waals surface area contributed by atoms with Crippen LogP contribution in [-0.2, 0) is 9.53 Å². The van der Waals surface area contributed by atoms with E-state index in [2.05, 4.69) is 0 Å². The van der Waals surface area contributed by atoms with Crippen LogP contribution in [0.15, 0.2) is 70.0 Å². The minimum Gasteiger partial charge on any atom is -0.465 e. The maximum absolute atomic E-state index is 12.9. The number of rotatable bonds is 5. The third-order valence-electron chi connectivity index (χ3n) is 4.59. The first-order valence-electron chi connectivity index (χ1n) is 9.19. The Balaban J connectivity index is 1.63. The number of amides is 1. The molecule has 1 aliphatic rings. The van der Waals surface area contributed by atoms with Crippen molar-refractivity contribution < 1.29 is 23.7 Å². The number of anilines is 1. The van der Waals surface area contributed by atoms with Crippen molar-refractivity contribution in [3.8, 4) is 11.3 Å². The van der Waals surface area contributed by atoms with Crippen LogP contribution in [0.1, 0.15) is 16.1 Å².